The maximum Gasteiger partial charge on any atom is 0.273 e. The van der Waals surface area contributed by atoms with E-state index in [0.717, 1.165) is 33.0 Å². The van der Waals surface area contributed by atoms with Gasteiger partial charge in [-0.2, -0.15) is 0 Å². The number of nitrogens with one attached hydrogen (secondary N) is 1. The lowest BCUT2D eigenvalue weighted by Gasteiger charge is -2.22. The Balaban J connectivity index is 1.43. The molecule has 12 heteroatoms. The van der Waals surface area contributed by atoms with Gasteiger partial charge in [0.25, 0.3) is 10.0 Å². The van der Waals surface area contributed by atoms with Gasteiger partial charge in [-0.3, -0.25) is 13.4 Å². The fourth-order valence-corrected chi connectivity index (χ4v) is 8.42. The van der Waals surface area contributed by atoms with Crippen LogP contribution in [-0.4, -0.2) is 56.9 Å². The third-order valence-corrected chi connectivity index (χ3v) is 11.1. The number of thiazole rings is 1. The summed E-state index contributed by atoms with van der Waals surface area (Å²) in [5.41, 5.74) is 2.17. The minimum atomic E-state index is -3.66. The maximum absolute atomic E-state index is 13.2. The van der Waals surface area contributed by atoms with Crippen LogP contribution < -0.4 is 4.31 Å². The molecule has 8 nitrogen and oxygen atoms in total. The van der Waals surface area contributed by atoms with E-state index in [9.17, 15) is 17.2 Å². The molecule has 1 N–H and O–H groups in total. The molecule has 1 fully saturated rings. The Labute approximate surface area is 208 Å². The highest BCUT2D eigenvalue weighted by Gasteiger charge is 2.27. The lowest BCUT2D eigenvalue weighted by atomic mass is 10.2. The molecule has 2 unspecified atom stereocenters. The van der Waals surface area contributed by atoms with Crippen molar-refractivity contribution in [2.45, 2.75) is 29.3 Å². The van der Waals surface area contributed by atoms with Crippen LogP contribution in [-0.2, 0) is 27.6 Å². The molecule has 0 spiro atoms. The number of aromatic nitrogens is 2. The van der Waals surface area contributed by atoms with Gasteiger partial charge < -0.3 is 9.54 Å². The fraction of sp³-hybridized carbons (Fsp3) is 0.318. The Morgan fingerprint density at radius 2 is 2.18 bits per heavy atom. The zero-order chi connectivity index (χ0) is 23.9. The summed E-state index contributed by atoms with van der Waals surface area (Å²) in [5, 5.41) is 3.18. The van der Waals surface area contributed by atoms with Crippen molar-refractivity contribution in [2.75, 3.05) is 23.9 Å². The molecule has 4 heterocycles. The van der Waals surface area contributed by atoms with Crippen molar-refractivity contribution in [3.63, 3.8) is 0 Å². The number of thiophene rings is 1. The highest BCUT2D eigenvalue weighted by Crippen LogP contribution is 2.35. The van der Waals surface area contributed by atoms with Gasteiger partial charge in [0.1, 0.15) is 9.22 Å². The quantitative estimate of drug-likeness (QED) is 0.341. The van der Waals surface area contributed by atoms with Gasteiger partial charge in [0.2, 0.25) is 0 Å². The Bertz CT molecular complexity index is 1430. The molecule has 5 rings (SSSR count). The van der Waals surface area contributed by atoms with Crippen molar-refractivity contribution in [3.05, 3.63) is 52.9 Å². The van der Waals surface area contributed by atoms with Gasteiger partial charge in [-0.15, -0.1) is 22.7 Å². The summed E-state index contributed by atoms with van der Waals surface area (Å²) in [7, 11) is -3.66. The predicted octanol–water partition coefficient (Wildman–Crippen LogP) is 4.02. The summed E-state index contributed by atoms with van der Waals surface area (Å²) in [6.07, 6.45) is 2.49. The number of rotatable bonds is 8. The van der Waals surface area contributed by atoms with E-state index in [4.69, 9.17) is 0 Å². The Kier molecular flexibility index (Phi) is 6.62. The lowest BCUT2D eigenvalue weighted by molar-refractivity contribution is 0.333. The van der Waals surface area contributed by atoms with Gasteiger partial charge >= 0.3 is 0 Å². The number of likely N-dealkylation sites (tertiary alicyclic amines) is 1. The first-order chi connectivity index (χ1) is 16.4. The largest absolute Gasteiger partial charge is 0.772 e. The average molecular weight is 536 g/mol. The first-order valence-corrected chi connectivity index (χ1v) is 15.1. The van der Waals surface area contributed by atoms with Gasteiger partial charge in [-0.05, 0) is 43.5 Å². The molecule has 0 amide bonds. The smallest absolute Gasteiger partial charge is 0.273 e. The number of anilines is 1. The zero-order valence-electron chi connectivity index (χ0n) is 18.3. The normalized spacial score (nSPS) is 18.0. The molecule has 1 aromatic carbocycles. The number of hydrogen-bond acceptors (Lipinski definition) is 8. The molecular weight excluding hydrogens is 513 g/mol. The molecule has 180 valence electrons. The summed E-state index contributed by atoms with van der Waals surface area (Å²) in [6.45, 7) is 4.10. The molecule has 1 aliphatic heterocycles. The van der Waals surface area contributed by atoms with Gasteiger partial charge in [-0.25, -0.2) is 13.4 Å². The number of benzene rings is 1. The second-order valence-electron chi connectivity index (χ2n) is 8.06. The van der Waals surface area contributed by atoms with Crippen molar-refractivity contribution in [1.82, 2.24) is 14.9 Å². The first kappa shape index (κ1) is 23.6. The first-order valence-electron chi connectivity index (χ1n) is 10.8. The number of fused-ring (bicyclic) bond motifs is 1. The van der Waals surface area contributed by atoms with E-state index in [-0.39, 0.29) is 5.25 Å². The Hall–Kier alpha value is -2.09. The summed E-state index contributed by atoms with van der Waals surface area (Å²) >= 11 is 0.728. The molecule has 1 aliphatic rings. The van der Waals surface area contributed by atoms with Gasteiger partial charge in [0, 0.05) is 41.3 Å². The number of hydrogen-bond donors (Lipinski definition) is 1. The second kappa shape index (κ2) is 9.51. The Morgan fingerprint density at radius 1 is 1.32 bits per heavy atom. The molecule has 0 radical (unpaired) electrons. The zero-order valence-corrected chi connectivity index (χ0v) is 21.6. The number of aromatic amines is 1. The van der Waals surface area contributed by atoms with Crippen LogP contribution in [0, 0.1) is 0 Å². The van der Waals surface area contributed by atoms with Crippen LogP contribution in [0.4, 0.5) is 5.69 Å². The van der Waals surface area contributed by atoms with E-state index in [1.165, 1.54) is 15.6 Å². The molecule has 4 aromatic rings. The van der Waals surface area contributed by atoms with Gasteiger partial charge in [0.05, 0.1) is 16.9 Å². The highest BCUT2D eigenvalue weighted by molar-refractivity contribution is 7.94. The van der Waals surface area contributed by atoms with E-state index in [2.05, 4.69) is 14.9 Å². The molecular formula is C22H23N4O4S4-. The average Bonchev–Trinajstić information content (AvgIpc) is 3.60. The van der Waals surface area contributed by atoms with E-state index in [1.54, 1.807) is 28.8 Å². The SMILES string of the molecule is CCN(c1cccc2cc(-c3ncc(CN4CCC(S(=O)[O-])C4)s3)[nH]c12)S(=O)(=O)c1cccs1. The predicted molar refractivity (Wildman–Crippen MR) is 137 cm³/mol. The van der Waals surface area contributed by atoms with E-state index >= 15 is 0 Å². The number of nitrogens with zero attached hydrogens (tertiary/aromatic N) is 3. The van der Waals surface area contributed by atoms with Crippen molar-refractivity contribution < 1.29 is 17.2 Å². The van der Waals surface area contributed by atoms with Crippen molar-refractivity contribution in [1.29, 1.82) is 0 Å². The fourth-order valence-electron chi connectivity index (χ4n) is 4.28. The van der Waals surface area contributed by atoms with Crippen LogP contribution in [0.25, 0.3) is 21.6 Å². The van der Waals surface area contributed by atoms with Crippen LogP contribution in [0.2, 0.25) is 0 Å². The van der Waals surface area contributed by atoms with Crippen molar-refractivity contribution >= 4 is 60.4 Å². The molecule has 1 saturated heterocycles. The summed E-state index contributed by atoms with van der Waals surface area (Å²) in [5.74, 6) is 0. The number of sulfonamides is 1. The standard InChI is InChI=1S/C22H24N4O4S4/c1-2-26(34(29,30)20-7-4-10-31-20)19-6-3-5-15-11-18(24-21(15)19)22-23-12-16(32-22)13-25-9-8-17(14-25)33(27)28/h3-7,10-12,17,24H,2,8-9,13-14H2,1H3,(H,27,28)/p-1. The lowest BCUT2D eigenvalue weighted by Crippen LogP contribution is -2.30. The van der Waals surface area contributed by atoms with Gasteiger partial charge in [0.15, 0.2) is 0 Å². The highest BCUT2D eigenvalue weighted by atomic mass is 32.2. The van der Waals surface area contributed by atoms with E-state index in [0.29, 0.717) is 36.0 Å². The second-order valence-corrected chi connectivity index (χ2v) is 13.4. The molecule has 0 aliphatic carbocycles. The topological polar surface area (TPSA) is 109 Å². The van der Waals surface area contributed by atoms with Crippen LogP contribution in [0.5, 0.6) is 0 Å². The summed E-state index contributed by atoms with van der Waals surface area (Å²) in [6, 6.07) is 11.0. The minimum absolute atomic E-state index is 0.300. The van der Waals surface area contributed by atoms with Crippen LogP contribution in [0.3, 0.4) is 0 Å². The summed E-state index contributed by atoms with van der Waals surface area (Å²) in [4.78, 5) is 11.2. The molecule has 34 heavy (non-hydrogen) atoms. The summed E-state index contributed by atoms with van der Waals surface area (Å²) < 4.78 is 50.7. The monoisotopic (exact) mass is 535 g/mol. The van der Waals surface area contributed by atoms with Crippen LogP contribution in [0.1, 0.15) is 18.2 Å². The molecule has 0 saturated carbocycles. The van der Waals surface area contributed by atoms with E-state index in [1.807, 2.05) is 37.4 Å². The molecule has 2 atom stereocenters. The maximum atomic E-state index is 13.2. The number of H-pyrrole nitrogens is 1. The third kappa shape index (κ3) is 4.45. The van der Waals surface area contributed by atoms with E-state index < -0.39 is 21.1 Å². The molecule has 0 bridgehead atoms. The Morgan fingerprint density at radius 3 is 2.88 bits per heavy atom. The van der Waals surface area contributed by atoms with Crippen molar-refractivity contribution in [2.24, 2.45) is 0 Å². The van der Waals surface area contributed by atoms with Gasteiger partial charge in [-0.1, -0.05) is 29.3 Å². The number of para-hydroxylation sites is 1. The molecule has 3 aromatic heterocycles. The van der Waals surface area contributed by atoms with Crippen LogP contribution in [0.15, 0.2) is 52.2 Å². The van der Waals surface area contributed by atoms with Crippen molar-refractivity contribution in [3.8, 4) is 10.7 Å². The minimum Gasteiger partial charge on any atom is -0.772 e. The third-order valence-electron chi connectivity index (χ3n) is 5.89. The van der Waals surface area contributed by atoms with Crippen LogP contribution >= 0.6 is 22.7 Å².